The molecule has 2 amide bonds. The lowest BCUT2D eigenvalue weighted by Crippen LogP contribution is -2.36. The largest absolute Gasteiger partial charge is 0.462 e. The maximum Gasteiger partial charge on any atom is 0.338 e. The molecular formula is C37H39Cl3N4O4. The van der Waals surface area contributed by atoms with Crippen molar-refractivity contribution < 1.29 is 19.1 Å². The van der Waals surface area contributed by atoms with Crippen molar-refractivity contribution in [2.45, 2.75) is 66.0 Å². The van der Waals surface area contributed by atoms with E-state index in [9.17, 15) is 14.4 Å². The van der Waals surface area contributed by atoms with E-state index in [1.807, 2.05) is 31.2 Å². The highest BCUT2D eigenvalue weighted by Gasteiger charge is 2.29. The molecule has 4 aromatic rings. The van der Waals surface area contributed by atoms with Crippen LogP contribution in [0.25, 0.3) is 5.69 Å². The lowest BCUT2D eigenvalue weighted by Gasteiger charge is -2.29. The number of benzene rings is 3. The Morgan fingerprint density at radius 2 is 1.67 bits per heavy atom. The summed E-state index contributed by atoms with van der Waals surface area (Å²) in [5, 5.41) is 5.72. The monoisotopic (exact) mass is 708 g/mol. The van der Waals surface area contributed by atoms with Crippen LogP contribution in [0.5, 0.6) is 0 Å². The molecule has 252 valence electrons. The Kier molecular flexibility index (Phi) is 11.8. The fraction of sp³-hybridized carbons (Fsp3) is 0.351. The molecule has 0 bridgehead atoms. The van der Waals surface area contributed by atoms with Crippen molar-refractivity contribution in [2.75, 3.05) is 19.7 Å². The number of esters is 1. The van der Waals surface area contributed by atoms with Gasteiger partial charge in [0.1, 0.15) is 0 Å². The summed E-state index contributed by atoms with van der Waals surface area (Å²) >= 11 is 19.2. The lowest BCUT2D eigenvalue weighted by atomic mass is 9.98. The molecule has 0 N–H and O–H groups in total. The average molecular weight is 710 g/mol. The quantitative estimate of drug-likeness (QED) is 0.109. The molecule has 0 saturated heterocycles. The molecule has 1 aliphatic rings. The molecule has 11 heteroatoms. The number of halogens is 3. The number of nitrogens with zero attached hydrogens (tertiary/aromatic N) is 4. The van der Waals surface area contributed by atoms with Gasteiger partial charge >= 0.3 is 5.97 Å². The molecule has 5 rings (SSSR count). The van der Waals surface area contributed by atoms with Crippen LogP contribution in [0.2, 0.25) is 15.1 Å². The first-order valence-electron chi connectivity index (χ1n) is 16.3. The Hall–Kier alpha value is -3.85. The van der Waals surface area contributed by atoms with Gasteiger partial charge in [0.15, 0.2) is 5.69 Å². The minimum absolute atomic E-state index is 0.0682. The van der Waals surface area contributed by atoms with Gasteiger partial charge in [0, 0.05) is 26.2 Å². The average Bonchev–Trinajstić information content (AvgIpc) is 3.40. The third kappa shape index (κ3) is 7.88. The fourth-order valence-corrected chi connectivity index (χ4v) is 6.23. The highest BCUT2D eigenvalue weighted by atomic mass is 35.5. The molecule has 0 unspecified atom stereocenters. The van der Waals surface area contributed by atoms with Gasteiger partial charge in [-0.05, 0) is 73.2 Å². The normalized spacial score (nSPS) is 12.5. The van der Waals surface area contributed by atoms with Crippen molar-refractivity contribution in [3.63, 3.8) is 0 Å². The Balaban J connectivity index is 1.52. The Morgan fingerprint density at radius 1 is 0.917 bits per heavy atom. The molecule has 0 radical (unpaired) electrons. The van der Waals surface area contributed by atoms with Gasteiger partial charge in [0.25, 0.3) is 11.8 Å². The molecule has 8 nitrogen and oxygen atoms in total. The van der Waals surface area contributed by atoms with Crippen LogP contribution < -0.4 is 0 Å². The zero-order valence-corrected chi connectivity index (χ0v) is 29.7. The SMILES string of the molecule is CCCCOC(=O)c1ccc(-n2nc(C(=O)N(CCCC)Cc3ccc(Cl)c(Cl)c3)c(Cl)c2C)c(C(=O)N2CCc3ccccc3C2)c1. The number of ether oxygens (including phenoxy) is 1. The van der Waals surface area contributed by atoms with E-state index in [1.54, 1.807) is 47.1 Å². The van der Waals surface area contributed by atoms with Gasteiger partial charge in [0.05, 0.1) is 44.2 Å². The van der Waals surface area contributed by atoms with Crippen LogP contribution in [0, 0.1) is 6.92 Å². The van der Waals surface area contributed by atoms with Crippen LogP contribution in [0.1, 0.15) is 93.1 Å². The first kappa shape index (κ1) is 35.5. The fourth-order valence-electron chi connectivity index (χ4n) is 5.71. The van der Waals surface area contributed by atoms with E-state index in [1.165, 1.54) is 10.2 Å². The number of amides is 2. The van der Waals surface area contributed by atoms with Crippen molar-refractivity contribution in [1.29, 1.82) is 0 Å². The van der Waals surface area contributed by atoms with Crippen molar-refractivity contribution in [3.05, 3.63) is 115 Å². The molecule has 0 spiro atoms. The number of fused-ring (bicyclic) bond motifs is 1. The lowest BCUT2D eigenvalue weighted by molar-refractivity contribution is 0.0499. The molecule has 1 aliphatic heterocycles. The van der Waals surface area contributed by atoms with E-state index < -0.39 is 5.97 Å². The predicted molar refractivity (Wildman–Crippen MR) is 189 cm³/mol. The van der Waals surface area contributed by atoms with E-state index in [0.29, 0.717) is 54.1 Å². The highest BCUT2D eigenvalue weighted by Crippen LogP contribution is 2.30. The van der Waals surface area contributed by atoms with Crippen molar-refractivity contribution in [2.24, 2.45) is 0 Å². The van der Waals surface area contributed by atoms with Crippen LogP contribution in [0.4, 0.5) is 0 Å². The van der Waals surface area contributed by atoms with E-state index in [2.05, 4.69) is 13.0 Å². The maximum absolute atomic E-state index is 14.3. The number of hydrogen-bond acceptors (Lipinski definition) is 5. The number of hydrogen-bond donors (Lipinski definition) is 0. The molecule has 3 aromatic carbocycles. The second kappa shape index (κ2) is 16.0. The standard InChI is InChI=1S/C37H39Cl3N4O4/c1-4-6-17-42(22-25-12-14-30(38)31(39)20-25)36(46)34-33(40)24(3)44(41-34)32-15-13-27(37(47)48-19-7-5-2)21-29(32)35(45)43-18-16-26-10-8-9-11-28(26)23-43/h8-15,20-21H,4-7,16-19,22-23H2,1-3H3. The number of rotatable bonds is 12. The summed E-state index contributed by atoms with van der Waals surface area (Å²) in [6.07, 6.45) is 4.00. The molecule has 48 heavy (non-hydrogen) atoms. The molecule has 0 fully saturated rings. The second-order valence-electron chi connectivity index (χ2n) is 12.0. The summed E-state index contributed by atoms with van der Waals surface area (Å²) in [6.45, 7) is 7.83. The third-order valence-corrected chi connectivity index (χ3v) is 9.70. The predicted octanol–water partition coefficient (Wildman–Crippen LogP) is 8.74. The molecular weight excluding hydrogens is 671 g/mol. The summed E-state index contributed by atoms with van der Waals surface area (Å²) in [4.78, 5) is 44.8. The zero-order valence-electron chi connectivity index (χ0n) is 27.4. The van der Waals surface area contributed by atoms with Gasteiger partial charge in [0.2, 0.25) is 0 Å². The van der Waals surface area contributed by atoms with E-state index >= 15 is 0 Å². The smallest absolute Gasteiger partial charge is 0.338 e. The van der Waals surface area contributed by atoms with Crippen LogP contribution >= 0.6 is 34.8 Å². The van der Waals surface area contributed by atoms with Gasteiger partial charge in [-0.2, -0.15) is 5.10 Å². The molecule has 0 atom stereocenters. The van der Waals surface area contributed by atoms with Crippen LogP contribution in [0.15, 0.2) is 60.7 Å². The minimum Gasteiger partial charge on any atom is -0.462 e. The Bertz CT molecular complexity index is 1820. The second-order valence-corrected chi connectivity index (χ2v) is 13.1. The van der Waals surface area contributed by atoms with E-state index in [0.717, 1.165) is 36.8 Å². The van der Waals surface area contributed by atoms with Gasteiger partial charge in [-0.25, -0.2) is 9.48 Å². The minimum atomic E-state index is -0.506. The summed E-state index contributed by atoms with van der Waals surface area (Å²) in [5.74, 6) is -1.11. The summed E-state index contributed by atoms with van der Waals surface area (Å²) < 4.78 is 6.99. The molecule has 2 heterocycles. The first-order chi connectivity index (χ1) is 23.1. The molecule has 0 aliphatic carbocycles. The number of unbranched alkanes of at least 4 members (excludes halogenated alkanes) is 2. The first-order valence-corrected chi connectivity index (χ1v) is 17.4. The number of aromatic nitrogens is 2. The van der Waals surface area contributed by atoms with Gasteiger partial charge in [-0.3, -0.25) is 9.59 Å². The number of carbonyl (C=O) groups excluding carboxylic acids is 3. The van der Waals surface area contributed by atoms with E-state index in [4.69, 9.17) is 44.6 Å². The maximum atomic E-state index is 14.3. The molecule has 1 aromatic heterocycles. The number of carbonyl (C=O) groups is 3. The van der Waals surface area contributed by atoms with Crippen molar-refractivity contribution in [3.8, 4) is 5.69 Å². The van der Waals surface area contributed by atoms with Crippen LogP contribution in [-0.2, 0) is 24.2 Å². The summed E-state index contributed by atoms with van der Waals surface area (Å²) in [6, 6.07) is 18.2. The highest BCUT2D eigenvalue weighted by molar-refractivity contribution is 6.42. The van der Waals surface area contributed by atoms with Crippen LogP contribution in [-0.4, -0.2) is 57.1 Å². The van der Waals surface area contributed by atoms with Crippen molar-refractivity contribution >= 4 is 52.6 Å². The summed E-state index contributed by atoms with van der Waals surface area (Å²) in [5.41, 5.74) is 4.59. The van der Waals surface area contributed by atoms with Gasteiger partial charge in [-0.1, -0.05) is 91.8 Å². The zero-order chi connectivity index (χ0) is 34.4. The third-order valence-electron chi connectivity index (χ3n) is 8.51. The topological polar surface area (TPSA) is 84.7 Å². The summed E-state index contributed by atoms with van der Waals surface area (Å²) in [7, 11) is 0. The van der Waals surface area contributed by atoms with Crippen LogP contribution in [0.3, 0.4) is 0 Å². The van der Waals surface area contributed by atoms with E-state index in [-0.39, 0.29) is 40.2 Å². The molecule has 0 saturated carbocycles. The van der Waals surface area contributed by atoms with Gasteiger partial charge < -0.3 is 14.5 Å². The van der Waals surface area contributed by atoms with Gasteiger partial charge in [-0.15, -0.1) is 0 Å². The Labute approximate surface area is 296 Å². The van der Waals surface area contributed by atoms with Crippen molar-refractivity contribution in [1.82, 2.24) is 19.6 Å². The Morgan fingerprint density at radius 3 is 2.40 bits per heavy atom.